The molecule has 2 amide bonds. The lowest BCUT2D eigenvalue weighted by Gasteiger charge is -2.39. The minimum atomic E-state index is -0.189. The molecule has 0 bridgehead atoms. The van der Waals surface area contributed by atoms with Gasteiger partial charge in [-0.15, -0.1) is 0 Å². The fourth-order valence-corrected chi connectivity index (χ4v) is 4.46. The molecule has 7 heteroatoms. The van der Waals surface area contributed by atoms with Crippen molar-refractivity contribution in [3.8, 4) is 5.75 Å². The zero-order valence-electron chi connectivity index (χ0n) is 20.1. The quantitative estimate of drug-likeness (QED) is 0.466. The normalized spacial score (nSPS) is 17.6. The number of halogens is 1. The zero-order chi connectivity index (χ0) is 24.8. The molecule has 182 valence electrons. The third-order valence-corrected chi connectivity index (χ3v) is 6.59. The van der Waals surface area contributed by atoms with Crippen molar-refractivity contribution >= 4 is 23.4 Å². The number of aromatic nitrogens is 1. The first-order valence-electron chi connectivity index (χ1n) is 11.8. The maximum absolute atomic E-state index is 13.2. The van der Waals surface area contributed by atoms with Crippen LogP contribution in [0.1, 0.15) is 34.5 Å². The Bertz CT molecular complexity index is 1140. The van der Waals surface area contributed by atoms with Crippen molar-refractivity contribution in [2.24, 2.45) is 5.92 Å². The van der Waals surface area contributed by atoms with Crippen LogP contribution in [0.25, 0.3) is 0 Å². The van der Waals surface area contributed by atoms with E-state index in [-0.39, 0.29) is 30.3 Å². The highest BCUT2D eigenvalue weighted by Crippen LogP contribution is 2.28. The highest BCUT2D eigenvalue weighted by Gasteiger charge is 2.35. The van der Waals surface area contributed by atoms with Gasteiger partial charge < -0.3 is 14.5 Å². The SMILES string of the molecule is Cc1ccc(C(=O)N2CC[C@H](Oc3ccc(Cl)cc3)[C@@H](CC(=O)N(C)Cc3ccccc3)C2)cn1. The fraction of sp³-hybridized carbons (Fsp3) is 0.321. The molecule has 35 heavy (non-hydrogen) atoms. The molecule has 2 heterocycles. The molecule has 1 saturated heterocycles. The molecule has 0 aliphatic carbocycles. The number of carbonyl (C=O) groups is 2. The van der Waals surface area contributed by atoms with Gasteiger partial charge in [0, 0.05) is 62.4 Å². The number of amides is 2. The number of hydrogen-bond donors (Lipinski definition) is 0. The van der Waals surface area contributed by atoms with Crippen LogP contribution in [-0.4, -0.2) is 52.8 Å². The predicted molar refractivity (Wildman–Crippen MR) is 136 cm³/mol. The summed E-state index contributed by atoms with van der Waals surface area (Å²) in [5, 5.41) is 0.638. The van der Waals surface area contributed by atoms with Crippen LogP contribution < -0.4 is 4.74 Å². The smallest absolute Gasteiger partial charge is 0.255 e. The first-order chi connectivity index (χ1) is 16.9. The second kappa shape index (κ2) is 11.4. The number of ether oxygens (including phenoxy) is 1. The van der Waals surface area contributed by atoms with Gasteiger partial charge >= 0.3 is 0 Å². The summed E-state index contributed by atoms with van der Waals surface area (Å²) in [6.07, 6.45) is 2.35. The van der Waals surface area contributed by atoms with Crippen LogP contribution in [0.4, 0.5) is 0 Å². The lowest BCUT2D eigenvalue weighted by atomic mass is 9.90. The molecule has 1 fully saturated rings. The molecular formula is C28H30ClN3O3. The Morgan fingerprint density at radius 3 is 2.51 bits per heavy atom. The van der Waals surface area contributed by atoms with Crippen LogP contribution in [0.5, 0.6) is 5.75 Å². The molecule has 1 aliphatic rings. The van der Waals surface area contributed by atoms with Crippen molar-refractivity contribution in [1.82, 2.24) is 14.8 Å². The number of piperidine rings is 1. The van der Waals surface area contributed by atoms with E-state index >= 15 is 0 Å². The van der Waals surface area contributed by atoms with Crippen molar-refractivity contribution in [3.05, 3.63) is 94.8 Å². The number of hydrogen-bond acceptors (Lipinski definition) is 4. The molecule has 1 aliphatic heterocycles. The fourth-order valence-electron chi connectivity index (χ4n) is 4.34. The number of benzene rings is 2. The summed E-state index contributed by atoms with van der Waals surface area (Å²) in [4.78, 5) is 34.1. The summed E-state index contributed by atoms with van der Waals surface area (Å²) in [6, 6.07) is 20.8. The van der Waals surface area contributed by atoms with Crippen molar-refractivity contribution in [2.75, 3.05) is 20.1 Å². The molecule has 0 spiro atoms. The van der Waals surface area contributed by atoms with Gasteiger partial charge in [0.05, 0.1) is 5.56 Å². The van der Waals surface area contributed by atoms with E-state index in [9.17, 15) is 9.59 Å². The lowest BCUT2D eigenvalue weighted by Crippen LogP contribution is -2.49. The molecule has 4 rings (SSSR count). The maximum Gasteiger partial charge on any atom is 0.255 e. The molecule has 2 aromatic carbocycles. The second-order valence-corrected chi connectivity index (χ2v) is 9.47. The van der Waals surface area contributed by atoms with Crippen LogP contribution in [0.3, 0.4) is 0 Å². The Balaban J connectivity index is 1.48. The van der Waals surface area contributed by atoms with Gasteiger partial charge in [-0.2, -0.15) is 0 Å². The molecule has 6 nitrogen and oxygen atoms in total. The van der Waals surface area contributed by atoms with Gasteiger partial charge in [-0.05, 0) is 48.9 Å². The van der Waals surface area contributed by atoms with Gasteiger partial charge in [0.25, 0.3) is 5.91 Å². The van der Waals surface area contributed by atoms with Crippen LogP contribution in [-0.2, 0) is 11.3 Å². The van der Waals surface area contributed by atoms with E-state index in [1.165, 1.54) is 0 Å². The Morgan fingerprint density at radius 1 is 1.09 bits per heavy atom. The molecular weight excluding hydrogens is 462 g/mol. The molecule has 0 radical (unpaired) electrons. The number of nitrogens with zero attached hydrogens (tertiary/aromatic N) is 3. The third-order valence-electron chi connectivity index (χ3n) is 6.34. The van der Waals surface area contributed by atoms with Gasteiger partial charge in [0.1, 0.15) is 11.9 Å². The van der Waals surface area contributed by atoms with Gasteiger partial charge in [-0.25, -0.2) is 0 Å². The number of likely N-dealkylation sites (tertiary alicyclic amines) is 1. The second-order valence-electron chi connectivity index (χ2n) is 9.04. The van der Waals surface area contributed by atoms with Gasteiger partial charge in [-0.3, -0.25) is 14.6 Å². The predicted octanol–water partition coefficient (Wildman–Crippen LogP) is 5.00. The minimum Gasteiger partial charge on any atom is -0.490 e. The summed E-state index contributed by atoms with van der Waals surface area (Å²) in [6.45, 7) is 3.42. The van der Waals surface area contributed by atoms with E-state index in [4.69, 9.17) is 16.3 Å². The standard InChI is InChI=1S/C28H30ClN3O3/c1-20-8-9-22(17-30-20)28(34)32-15-14-26(35-25-12-10-24(29)11-13-25)23(19-32)16-27(33)31(2)18-21-6-4-3-5-7-21/h3-13,17,23,26H,14-16,18-19H2,1-2H3/t23-,26-/m0/s1. The average Bonchev–Trinajstić information content (AvgIpc) is 2.87. The van der Waals surface area contributed by atoms with Crippen molar-refractivity contribution in [2.45, 2.75) is 32.4 Å². The first kappa shape index (κ1) is 24.7. The maximum atomic E-state index is 13.2. The largest absolute Gasteiger partial charge is 0.490 e. The molecule has 0 saturated carbocycles. The molecule has 0 unspecified atom stereocenters. The minimum absolute atomic E-state index is 0.0230. The molecule has 0 N–H and O–H groups in total. The van der Waals surface area contributed by atoms with E-state index in [1.54, 1.807) is 29.3 Å². The number of pyridine rings is 1. The van der Waals surface area contributed by atoms with Crippen molar-refractivity contribution < 1.29 is 14.3 Å². The summed E-state index contributed by atoms with van der Waals surface area (Å²) < 4.78 is 6.29. The van der Waals surface area contributed by atoms with Crippen molar-refractivity contribution in [1.29, 1.82) is 0 Å². The summed E-state index contributed by atoms with van der Waals surface area (Å²) >= 11 is 6.02. The lowest BCUT2D eigenvalue weighted by molar-refractivity contribution is -0.132. The Hall–Kier alpha value is -3.38. The Kier molecular flexibility index (Phi) is 8.03. The van der Waals surface area contributed by atoms with Crippen LogP contribution in [0.2, 0.25) is 5.02 Å². The number of carbonyl (C=O) groups excluding carboxylic acids is 2. The molecule has 2 atom stereocenters. The summed E-state index contributed by atoms with van der Waals surface area (Å²) in [5.41, 5.74) is 2.49. The van der Waals surface area contributed by atoms with E-state index in [2.05, 4.69) is 4.98 Å². The zero-order valence-corrected chi connectivity index (χ0v) is 20.8. The summed E-state index contributed by atoms with van der Waals surface area (Å²) in [5.74, 6) is 0.511. The third kappa shape index (κ3) is 6.61. The molecule has 1 aromatic heterocycles. The highest BCUT2D eigenvalue weighted by atomic mass is 35.5. The van der Waals surface area contributed by atoms with E-state index in [0.29, 0.717) is 42.4 Å². The van der Waals surface area contributed by atoms with Gasteiger partial charge in [-0.1, -0.05) is 41.9 Å². The number of rotatable bonds is 7. The van der Waals surface area contributed by atoms with Gasteiger partial charge in [0.15, 0.2) is 0 Å². The van der Waals surface area contributed by atoms with Crippen LogP contribution in [0, 0.1) is 12.8 Å². The highest BCUT2D eigenvalue weighted by molar-refractivity contribution is 6.30. The van der Waals surface area contributed by atoms with Crippen molar-refractivity contribution in [3.63, 3.8) is 0 Å². The van der Waals surface area contributed by atoms with Crippen LogP contribution in [0.15, 0.2) is 72.9 Å². The number of aryl methyl sites for hydroxylation is 1. The summed E-state index contributed by atoms with van der Waals surface area (Å²) in [7, 11) is 1.81. The Morgan fingerprint density at radius 2 is 1.83 bits per heavy atom. The average molecular weight is 492 g/mol. The van der Waals surface area contributed by atoms with E-state index in [1.807, 2.05) is 67.4 Å². The Labute approximate surface area is 211 Å². The topological polar surface area (TPSA) is 62.7 Å². The van der Waals surface area contributed by atoms with E-state index in [0.717, 1.165) is 11.3 Å². The van der Waals surface area contributed by atoms with Gasteiger partial charge in [0.2, 0.25) is 5.91 Å². The van der Waals surface area contributed by atoms with E-state index < -0.39 is 0 Å². The van der Waals surface area contributed by atoms with Crippen LogP contribution >= 0.6 is 11.6 Å². The monoisotopic (exact) mass is 491 g/mol. The molecule has 3 aromatic rings. The first-order valence-corrected chi connectivity index (χ1v) is 12.2.